The molecule has 0 bridgehead atoms. The van der Waals surface area contributed by atoms with Gasteiger partial charge in [0.15, 0.2) is 0 Å². The molecule has 2 N–H and O–H groups in total. The molecule has 6 nitrogen and oxygen atoms in total. The minimum atomic E-state index is -0.278. The van der Waals surface area contributed by atoms with Crippen molar-refractivity contribution in [3.63, 3.8) is 0 Å². The molecule has 1 aromatic carbocycles. The van der Waals surface area contributed by atoms with E-state index < -0.39 is 0 Å². The van der Waals surface area contributed by atoms with Crippen LogP contribution in [0.3, 0.4) is 0 Å². The molecule has 0 aliphatic carbocycles. The van der Waals surface area contributed by atoms with Gasteiger partial charge in [-0.15, -0.1) is 0 Å². The fourth-order valence-electron chi connectivity index (χ4n) is 2.92. The lowest BCUT2D eigenvalue weighted by Gasteiger charge is -2.16. The Bertz CT molecular complexity index is 664. The largest absolute Gasteiger partial charge is 0.445 e. The molecule has 3 rings (SSSR count). The SMILES string of the molecule is Cc1nn([C@@H]2CN(C(=O)OCc3ccccc3)C[C@@H]2C)cc1N. The molecule has 1 saturated heterocycles. The Labute approximate surface area is 135 Å². The molecule has 122 valence electrons. The van der Waals surface area contributed by atoms with Gasteiger partial charge in [-0.05, 0) is 18.4 Å². The van der Waals surface area contributed by atoms with Crippen molar-refractivity contribution in [2.75, 3.05) is 18.8 Å². The number of rotatable bonds is 3. The van der Waals surface area contributed by atoms with Crippen LogP contribution in [0.25, 0.3) is 0 Å². The van der Waals surface area contributed by atoms with E-state index >= 15 is 0 Å². The van der Waals surface area contributed by atoms with Crippen molar-refractivity contribution in [2.45, 2.75) is 26.5 Å². The first-order chi connectivity index (χ1) is 11.0. The second-order valence-corrected chi connectivity index (χ2v) is 6.14. The Balaban J connectivity index is 1.60. The van der Waals surface area contributed by atoms with Crippen molar-refractivity contribution < 1.29 is 9.53 Å². The number of hydrogen-bond acceptors (Lipinski definition) is 4. The highest BCUT2D eigenvalue weighted by atomic mass is 16.6. The molecule has 0 saturated carbocycles. The Kier molecular flexibility index (Phi) is 4.23. The highest BCUT2D eigenvalue weighted by Gasteiger charge is 2.35. The molecule has 2 heterocycles. The molecule has 0 radical (unpaired) electrons. The summed E-state index contributed by atoms with van der Waals surface area (Å²) in [5.74, 6) is 0.304. The Morgan fingerprint density at radius 3 is 2.74 bits per heavy atom. The minimum Gasteiger partial charge on any atom is -0.445 e. The third-order valence-electron chi connectivity index (χ3n) is 4.33. The lowest BCUT2D eigenvalue weighted by Crippen LogP contribution is -2.29. The predicted octanol–water partition coefficient (Wildman–Crippen LogP) is 2.60. The Morgan fingerprint density at radius 1 is 1.35 bits per heavy atom. The zero-order chi connectivity index (χ0) is 16.4. The molecule has 0 unspecified atom stereocenters. The number of hydrogen-bond donors (Lipinski definition) is 1. The maximum Gasteiger partial charge on any atom is 0.410 e. The van der Waals surface area contributed by atoms with Crippen LogP contribution in [0.2, 0.25) is 0 Å². The molecule has 1 aromatic heterocycles. The molecule has 0 spiro atoms. The van der Waals surface area contributed by atoms with Crippen molar-refractivity contribution >= 4 is 11.8 Å². The molecule has 1 amide bonds. The van der Waals surface area contributed by atoms with E-state index in [0.29, 0.717) is 31.3 Å². The fourth-order valence-corrected chi connectivity index (χ4v) is 2.92. The molecule has 1 fully saturated rings. The summed E-state index contributed by atoms with van der Waals surface area (Å²) in [6.07, 6.45) is 1.56. The normalized spacial score (nSPS) is 20.7. The average molecular weight is 314 g/mol. The van der Waals surface area contributed by atoms with Crippen molar-refractivity contribution in [1.29, 1.82) is 0 Å². The summed E-state index contributed by atoms with van der Waals surface area (Å²) in [5, 5.41) is 4.44. The van der Waals surface area contributed by atoms with Gasteiger partial charge in [-0.1, -0.05) is 37.3 Å². The summed E-state index contributed by atoms with van der Waals surface area (Å²) >= 11 is 0. The van der Waals surface area contributed by atoms with Crippen molar-refractivity contribution in [1.82, 2.24) is 14.7 Å². The molecular formula is C17H22N4O2. The van der Waals surface area contributed by atoms with Gasteiger partial charge in [-0.2, -0.15) is 5.10 Å². The van der Waals surface area contributed by atoms with Crippen LogP contribution in [-0.4, -0.2) is 33.9 Å². The van der Waals surface area contributed by atoms with Gasteiger partial charge < -0.3 is 15.4 Å². The quantitative estimate of drug-likeness (QED) is 0.945. The van der Waals surface area contributed by atoms with Gasteiger partial charge in [-0.3, -0.25) is 4.68 Å². The zero-order valence-electron chi connectivity index (χ0n) is 13.5. The monoisotopic (exact) mass is 314 g/mol. The highest BCUT2D eigenvalue weighted by Crippen LogP contribution is 2.28. The molecule has 2 aromatic rings. The van der Waals surface area contributed by atoms with Crippen LogP contribution in [0.1, 0.15) is 24.2 Å². The first kappa shape index (κ1) is 15.4. The third-order valence-corrected chi connectivity index (χ3v) is 4.33. The second-order valence-electron chi connectivity index (χ2n) is 6.14. The fraction of sp³-hybridized carbons (Fsp3) is 0.412. The number of nitrogens with two attached hydrogens (primary N) is 1. The average Bonchev–Trinajstić information content (AvgIpc) is 3.09. The Morgan fingerprint density at radius 2 is 2.09 bits per heavy atom. The number of ether oxygens (including phenoxy) is 1. The number of nitrogen functional groups attached to an aromatic ring is 1. The summed E-state index contributed by atoms with van der Waals surface area (Å²) in [7, 11) is 0. The maximum absolute atomic E-state index is 12.3. The smallest absolute Gasteiger partial charge is 0.410 e. The first-order valence-corrected chi connectivity index (χ1v) is 7.81. The van der Waals surface area contributed by atoms with E-state index in [1.807, 2.05) is 48.1 Å². The van der Waals surface area contributed by atoms with Crippen molar-refractivity contribution in [3.8, 4) is 0 Å². The number of aromatic nitrogens is 2. The zero-order valence-corrected chi connectivity index (χ0v) is 13.5. The summed E-state index contributed by atoms with van der Waals surface area (Å²) in [6, 6.07) is 9.82. The van der Waals surface area contributed by atoms with Crippen LogP contribution in [0.15, 0.2) is 36.5 Å². The number of benzene rings is 1. The van der Waals surface area contributed by atoms with Crippen LogP contribution in [0.4, 0.5) is 10.5 Å². The first-order valence-electron chi connectivity index (χ1n) is 7.81. The van der Waals surface area contributed by atoms with Crippen molar-refractivity contribution in [3.05, 3.63) is 47.8 Å². The van der Waals surface area contributed by atoms with Crippen molar-refractivity contribution in [2.24, 2.45) is 5.92 Å². The number of anilines is 1. The van der Waals surface area contributed by atoms with Gasteiger partial charge in [0.1, 0.15) is 6.61 Å². The van der Waals surface area contributed by atoms with Crippen LogP contribution in [0, 0.1) is 12.8 Å². The minimum absolute atomic E-state index is 0.135. The topological polar surface area (TPSA) is 73.4 Å². The standard InChI is InChI=1S/C17H22N4O2/c1-12-8-20(10-16(12)21-9-15(18)13(2)19-21)17(22)23-11-14-6-4-3-5-7-14/h3-7,9,12,16H,8,10-11,18H2,1-2H3/t12-,16+/m0/s1. The number of carbonyl (C=O) groups is 1. The summed E-state index contributed by atoms with van der Waals surface area (Å²) in [5.41, 5.74) is 8.36. The van der Waals surface area contributed by atoms with E-state index in [4.69, 9.17) is 10.5 Å². The number of nitrogens with zero attached hydrogens (tertiary/aromatic N) is 3. The number of likely N-dealkylation sites (tertiary alicyclic amines) is 1. The molecule has 23 heavy (non-hydrogen) atoms. The van der Waals surface area contributed by atoms with Crippen LogP contribution in [-0.2, 0) is 11.3 Å². The lowest BCUT2D eigenvalue weighted by atomic mass is 10.1. The van der Waals surface area contributed by atoms with E-state index in [-0.39, 0.29) is 12.1 Å². The van der Waals surface area contributed by atoms with Gasteiger partial charge in [0.25, 0.3) is 0 Å². The van der Waals surface area contributed by atoms with Gasteiger partial charge in [-0.25, -0.2) is 4.79 Å². The molecule has 6 heteroatoms. The number of aryl methyl sites for hydroxylation is 1. The maximum atomic E-state index is 12.3. The van der Waals surface area contributed by atoms with Gasteiger partial charge in [0, 0.05) is 19.3 Å². The predicted molar refractivity (Wildman–Crippen MR) is 87.8 cm³/mol. The van der Waals surface area contributed by atoms with E-state index in [9.17, 15) is 4.79 Å². The lowest BCUT2D eigenvalue weighted by molar-refractivity contribution is 0.102. The molecule has 1 aliphatic rings. The number of amides is 1. The summed E-state index contributed by atoms with van der Waals surface area (Å²) in [6.45, 7) is 5.55. The summed E-state index contributed by atoms with van der Waals surface area (Å²) in [4.78, 5) is 14.0. The van der Waals surface area contributed by atoms with Gasteiger partial charge in [0.2, 0.25) is 0 Å². The number of carbonyl (C=O) groups excluding carboxylic acids is 1. The second kappa shape index (κ2) is 6.32. The van der Waals surface area contributed by atoms with Gasteiger partial charge >= 0.3 is 6.09 Å². The molecule has 1 aliphatic heterocycles. The molecular weight excluding hydrogens is 292 g/mol. The van der Waals surface area contributed by atoms with E-state index in [1.165, 1.54) is 0 Å². The van der Waals surface area contributed by atoms with E-state index in [2.05, 4.69) is 12.0 Å². The van der Waals surface area contributed by atoms with E-state index in [1.54, 1.807) is 4.90 Å². The third kappa shape index (κ3) is 3.31. The van der Waals surface area contributed by atoms with Crippen LogP contribution < -0.4 is 5.73 Å². The highest BCUT2D eigenvalue weighted by molar-refractivity contribution is 5.68. The van der Waals surface area contributed by atoms with Gasteiger partial charge in [0.05, 0.1) is 17.4 Å². The summed E-state index contributed by atoms with van der Waals surface area (Å²) < 4.78 is 7.28. The van der Waals surface area contributed by atoms with Crippen LogP contribution in [0.5, 0.6) is 0 Å². The van der Waals surface area contributed by atoms with E-state index in [0.717, 1.165) is 11.3 Å². The molecule has 2 atom stereocenters. The van der Waals surface area contributed by atoms with Crippen LogP contribution >= 0.6 is 0 Å². The Hall–Kier alpha value is -2.50.